The van der Waals surface area contributed by atoms with Crippen molar-refractivity contribution in [2.45, 2.75) is 26.4 Å². The molecule has 1 atom stereocenters. The summed E-state index contributed by atoms with van der Waals surface area (Å²) in [6.07, 6.45) is 1.67. The van der Waals surface area contributed by atoms with Crippen molar-refractivity contribution >= 4 is 34.7 Å². The third-order valence-electron chi connectivity index (χ3n) is 5.36. The number of hydrogen-bond donors (Lipinski definition) is 2. The molecule has 4 rings (SSSR count). The fraction of sp³-hybridized carbons (Fsp3) is 0.200. The van der Waals surface area contributed by atoms with Gasteiger partial charge in [-0.05, 0) is 60.0 Å². The first kappa shape index (κ1) is 23.3. The number of pyridine rings is 1. The van der Waals surface area contributed by atoms with Crippen molar-refractivity contribution in [2.24, 2.45) is 5.92 Å². The van der Waals surface area contributed by atoms with E-state index in [9.17, 15) is 14.4 Å². The summed E-state index contributed by atoms with van der Waals surface area (Å²) in [5, 5.41) is 10.5. The van der Waals surface area contributed by atoms with Gasteiger partial charge in [0.25, 0.3) is 5.91 Å². The van der Waals surface area contributed by atoms with Crippen LogP contribution in [0.25, 0.3) is 5.65 Å². The molecule has 34 heavy (non-hydrogen) atoms. The number of fused-ring (bicyclic) bond motifs is 1. The topological polar surface area (TPSA) is 97.5 Å². The average Bonchev–Trinajstić information content (AvgIpc) is 3.13. The molecule has 2 aromatic carbocycles. The predicted octanol–water partition coefficient (Wildman–Crippen LogP) is 3.59. The summed E-state index contributed by atoms with van der Waals surface area (Å²) in [7, 11) is 0. The molecule has 0 saturated carbocycles. The largest absolute Gasteiger partial charge is 0.350 e. The molecule has 9 heteroatoms. The van der Waals surface area contributed by atoms with E-state index in [-0.39, 0.29) is 30.0 Å². The van der Waals surface area contributed by atoms with E-state index in [1.54, 1.807) is 60.8 Å². The molecular weight excluding hydrogens is 454 g/mol. The van der Waals surface area contributed by atoms with Crippen LogP contribution in [0.2, 0.25) is 5.02 Å². The number of hydrogen-bond acceptors (Lipinski definition) is 4. The summed E-state index contributed by atoms with van der Waals surface area (Å²) in [5.41, 5.74) is 2.10. The van der Waals surface area contributed by atoms with Gasteiger partial charge in [-0.1, -0.05) is 43.6 Å². The highest BCUT2D eigenvalue weighted by Crippen LogP contribution is 2.15. The quantitative estimate of drug-likeness (QED) is 0.425. The minimum atomic E-state index is -0.743. The van der Waals surface area contributed by atoms with E-state index in [1.807, 2.05) is 26.0 Å². The zero-order valence-electron chi connectivity index (χ0n) is 18.7. The maximum absolute atomic E-state index is 13.0. The number of amides is 2. The summed E-state index contributed by atoms with van der Waals surface area (Å²) in [6.45, 7) is 3.97. The standard InChI is InChI=1S/C25H24ClN5O3/c1-16(2)22(28-23(32)18-9-11-19(26)12-10-18)24(33)27-20-7-5-6-17(14-20)15-31-25(34)30-13-4-3-8-21(30)29-31/h3-14,16,22H,15H2,1-2H3,(H,27,33)(H,28,32). The molecule has 8 nitrogen and oxygen atoms in total. The number of carbonyl (C=O) groups is 2. The van der Waals surface area contributed by atoms with Crippen LogP contribution in [0.5, 0.6) is 0 Å². The Morgan fingerprint density at radius 1 is 1.03 bits per heavy atom. The van der Waals surface area contributed by atoms with Gasteiger partial charge in [0.05, 0.1) is 6.54 Å². The van der Waals surface area contributed by atoms with Crippen LogP contribution in [-0.4, -0.2) is 32.0 Å². The van der Waals surface area contributed by atoms with Crippen molar-refractivity contribution < 1.29 is 9.59 Å². The van der Waals surface area contributed by atoms with E-state index >= 15 is 0 Å². The Labute approximate surface area is 201 Å². The Morgan fingerprint density at radius 2 is 1.79 bits per heavy atom. The maximum Gasteiger partial charge on any atom is 0.350 e. The fourth-order valence-electron chi connectivity index (χ4n) is 3.57. The number of anilines is 1. The lowest BCUT2D eigenvalue weighted by Gasteiger charge is -2.22. The van der Waals surface area contributed by atoms with Crippen molar-refractivity contribution in [2.75, 3.05) is 5.32 Å². The zero-order chi connectivity index (χ0) is 24.2. The van der Waals surface area contributed by atoms with Gasteiger partial charge in [-0.25, -0.2) is 9.48 Å². The van der Waals surface area contributed by atoms with E-state index < -0.39 is 6.04 Å². The van der Waals surface area contributed by atoms with Gasteiger partial charge in [0.2, 0.25) is 5.91 Å². The molecule has 0 spiro atoms. The molecule has 0 bridgehead atoms. The zero-order valence-corrected chi connectivity index (χ0v) is 19.5. The number of aromatic nitrogens is 3. The van der Waals surface area contributed by atoms with Gasteiger partial charge in [0.1, 0.15) is 6.04 Å². The highest BCUT2D eigenvalue weighted by molar-refractivity contribution is 6.30. The highest BCUT2D eigenvalue weighted by atomic mass is 35.5. The van der Waals surface area contributed by atoms with Crippen molar-refractivity contribution in [3.8, 4) is 0 Å². The van der Waals surface area contributed by atoms with Crippen LogP contribution in [0.1, 0.15) is 29.8 Å². The number of rotatable bonds is 7. The van der Waals surface area contributed by atoms with Crippen LogP contribution in [0.15, 0.2) is 77.7 Å². The van der Waals surface area contributed by atoms with Gasteiger partial charge in [0, 0.05) is 22.5 Å². The SMILES string of the molecule is CC(C)C(NC(=O)c1ccc(Cl)cc1)C(=O)Nc1cccc(Cn2nc3ccccn3c2=O)c1. The molecule has 0 aliphatic rings. The third-order valence-corrected chi connectivity index (χ3v) is 5.61. The maximum atomic E-state index is 13.0. The van der Waals surface area contributed by atoms with E-state index in [2.05, 4.69) is 15.7 Å². The van der Waals surface area contributed by atoms with Crippen molar-refractivity contribution in [3.63, 3.8) is 0 Å². The summed E-state index contributed by atoms with van der Waals surface area (Å²) in [4.78, 5) is 38.2. The van der Waals surface area contributed by atoms with E-state index in [1.165, 1.54) is 9.08 Å². The van der Waals surface area contributed by atoms with E-state index in [0.29, 0.717) is 21.9 Å². The Bertz CT molecular complexity index is 1390. The molecule has 2 amide bonds. The first-order valence-electron chi connectivity index (χ1n) is 10.8. The van der Waals surface area contributed by atoms with Gasteiger partial charge >= 0.3 is 5.69 Å². The predicted molar refractivity (Wildman–Crippen MR) is 131 cm³/mol. The molecule has 174 valence electrons. The average molecular weight is 478 g/mol. The minimum absolute atomic E-state index is 0.143. The van der Waals surface area contributed by atoms with Crippen molar-refractivity contribution in [1.82, 2.24) is 19.5 Å². The molecule has 0 aliphatic carbocycles. The second kappa shape index (κ2) is 9.93. The third kappa shape index (κ3) is 5.18. The lowest BCUT2D eigenvalue weighted by molar-refractivity contribution is -0.118. The molecule has 0 fully saturated rings. The molecule has 0 radical (unpaired) electrons. The van der Waals surface area contributed by atoms with Crippen LogP contribution in [-0.2, 0) is 11.3 Å². The van der Waals surface area contributed by atoms with Gasteiger partial charge in [0.15, 0.2) is 5.65 Å². The number of carbonyl (C=O) groups excluding carboxylic acids is 2. The molecule has 1 unspecified atom stereocenters. The molecule has 4 aromatic rings. The smallest absolute Gasteiger partial charge is 0.340 e. The Kier molecular flexibility index (Phi) is 6.79. The Morgan fingerprint density at radius 3 is 2.50 bits per heavy atom. The fourth-order valence-corrected chi connectivity index (χ4v) is 3.70. The summed E-state index contributed by atoms with van der Waals surface area (Å²) in [6, 6.07) is 18.3. The van der Waals surface area contributed by atoms with Crippen LogP contribution in [0, 0.1) is 5.92 Å². The van der Waals surface area contributed by atoms with Crippen molar-refractivity contribution in [1.29, 1.82) is 0 Å². The van der Waals surface area contributed by atoms with Gasteiger partial charge < -0.3 is 10.6 Å². The molecule has 2 heterocycles. The second-order valence-electron chi connectivity index (χ2n) is 8.26. The number of nitrogens with zero attached hydrogens (tertiary/aromatic N) is 3. The summed E-state index contributed by atoms with van der Waals surface area (Å²) < 4.78 is 2.85. The first-order valence-corrected chi connectivity index (χ1v) is 11.2. The lowest BCUT2D eigenvalue weighted by Crippen LogP contribution is -2.47. The number of benzene rings is 2. The molecule has 0 saturated heterocycles. The van der Waals surface area contributed by atoms with Gasteiger partial charge in [-0.15, -0.1) is 5.10 Å². The lowest BCUT2D eigenvalue weighted by atomic mass is 10.0. The Hall–Kier alpha value is -3.91. The van der Waals surface area contributed by atoms with Gasteiger partial charge in [-0.2, -0.15) is 0 Å². The van der Waals surface area contributed by atoms with E-state index in [4.69, 9.17) is 11.6 Å². The summed E-state index contributed by atoms with van der Waals surface area (Å²) in [5.74, 6) is -0.833. The second-order valence-corrected chi connectivity index (χ2v) is 8.70. The molecule has 2 aromatic heterocycles. The minimum Gasteiger partial charge on any atom is -0.340 e. The van der Waals surface area contributed by atoms with Crippen LogP contribution >= 0.6 is 11.6 Å². The first-order chi connectivity index (χ1) is 16.3. The van der Waals surface area contributed by atoms with Crippen LogP contribution in [0.4, 0.5) is 5.69 Å². The highest BCUT2D eigenvalue weighted by Gasteiger charge is 2.25. The molecule has 2 N–H and O–H groups in total. The monoisotopic (exact) mass is 477 g/mol. The van der Waals surface area contributed by atoms with Gasteiger partial charge in [-0.3, -0.25) is 14.0 Å². The van der Waals surface area contributed by atoms with Crippen LogP contribution < -0.4 is 16.3 Å². The summed E-state index contributed by atoms with van der Waals surface area (Å²) >= 11 is 5.89. The molecular formula is C25H24ClN5O3. The van der Waals surface area contributed by atoms with Crippen molar-refractivity contribution in [3.05, 3.63) is 99.6 Å². The number of nitrogens with one attached hydrogen (secondary N) is 2. The number of halogens is 1. The molecule has 0 aliphatic heterocycles. The Balaban J connectivity index is 1.47. The normalized spacial score (nSPS) is 12.0. The van der Waals surface area contributed by atoms with E-state index in [0.717, 1.165) is 5.56 Å². The van der Waals surface area contributed by atoms with Crippen LogP contribution in [0.3, 0.4) is 0 Å².